The van der Waals surface area contributed by atoms with Gasteiger partial charge in [-0.15, -0.1) is 4.40 Å². The van der Waals surface area contributed by atoms with Crippen LogP contribution in [-0.2, 0) is 16.4 Å². The number of nitrogens with one attached hydrogen (secondary N) is 1. The van der Waals surface area contributed by atoms with Gasteiger partial charge in [0.1, 0.15) is 17.2 Å². The van der Waals surface area contributed by atoms with Crippen LogP contribution in [0.25, 0.3) is 0 Å². The predicted octanol–water partition coefficient (Wildman–Crippen LogP) is 2.61. The molecule has 3 rings (SSSR count). The van der Waals surface area contributed by atoms with Gasteiger partial charge in [0, 0.05) is 25.7 Å². The van der Waals surface area contributed by atoms with E-state index in [2.05, 4.69) is 14.9 Å². The third-order valence-corrected chi connectivity index (χ3v) is 5.75. The number of amides is 1. The lowest BCUT2D eigenvalue weighted by molar-refractivity contribution is 0.102. The molecule has 9 heteroatoms. The maximum absolute atomic E-state index is 12.6. The molecule has 0 aliphatic carbocycles. The average molecular weight is 390 g/mol. The Bertz CT molecular complexity index is 995. The molecule has 1 aliphatic heterocycles. The second-order valence-corrected chi connectivity index (χ2v) is 8.01. The number of benzene rings is 1. The van der Waals surface area contributed by atoms with Crippen molar-refractivity contribution in [1.29, 1.82) is 0 Å². The third kappa shape index (κ3) is 4.02. The summed E-state index contributed by atoms with van der Waals surface area (Å²) in [7, 11) is -2.02. The molecule has 1 saturated heterocycles. The van der Waals surface area contributed by atoms with Gasteiger partial charge < -0.3 is 14.7 Å². The molecule has 1 amide bonds. The monoisotopic (exact) mass is 390 g/mol. The van der Waals surface area contributed by atoms with Crippen LogP contribution in [0.4, 0.5) is 5.69 Å². The van der Waals surface area contributed by atoms with Crippen LogP contribution < -0.4 is 5.32 Å². The van der Waals surface area contributed by atoms with Gasteiger partial charge in [0.05, 0.1) is 10.6 Å². The SMILES string of the molecule is CCc1noc(C)c1C(=O)Nc1cccc(S(=O)(=O)N=C2CCCN2C)c1. The molecule has 1 fully saturated rings. The number of likely N-dealkylation sites (tertiary alicyclic amines) is 1. The highest BCUT2D eigenvalue weighted by Gasteiger charge is 2.22. The Morgan fingerprint density at radius 2 is 2.19 bits per heavy atom. The number of amidine groups is 1. The molecule has 2 aromatic rings. The summed E-state index contributed by atoms with van der Waals surface area (Å²) in [5.41, 5.74) is 1.30. The van der Waals surface area contributed by atoms with Crippen LogP contribution in [-0.4, -0.2) is 43.8 Å². The normalized spacial score (nSPS) is 16.1. The Hall–Kier alpha value is -2.68. The Kier molecular flexibility index (Phi) is 5.31. The van der Waals surface area contributed by atoms with Crippen molar-refractivity contribution in [2.75, 3.05) is 18.9 Å². The van der Waals surface area contributed by atoms with Crippen molar-refractivity contribution in [1.82, 2.24) is 10.1 Å². The average Bonchev–Trinajstić information content (AvgIpc) is 3.20. The van der Waals surface area contributed by atoms with Crippen LogP contribution in [0.1, 0.15) is 41.6 Å². The van der Waals surface area contributed by atoms with E-state index < -0.39 is 10.0 Å². The minimum absolute atomic E-state index is 0.0332. The lowest BCUT2D eigenvalue weighted by Crippen LogP contribution is -2.20. The van der Waals surface area contributed by atoms with Crippen molar-refractivity contribution in [2.24, 2.45) is 4.40 Å². The second-order valence-electron chi connectivity index (χ2n) is 6.40. The first-order valence-electron chi connectivity index (χ1n) is 8.73. The van der Waals surface area contributed by atoms with E-state index in [1.165, 1.54) is 12.1 Å². The highest BCUT2D eigenvalue weighted by molar-refractivity contribution is 7.90. The summed E-state index contributed by atoms with van der Waals surface area (Å²) in [4.78, 5) is 14.4. The van der Waals surface area contributed by atoms with Crippen LogP contribution in [0.5, 0.6) is 0 Å². The van der Waals surface area contributed by atoms with Crippen molar-refractivity contribution in [3.8, 4) is 0 Å². The van der Waals surface area contributed by atoms with Crippen LogP contribution in [0.3, 0.4) is 0 Å². The van der Waals surface area contributed by atoms with E-state index in [1.54, 1.807) is 19.1 Å². The molecular formula is C18H22N4O4S. The lowest BCUT2D eigenvalue weighted by Gasteiger charge is -2.11. The number of carbonyl (C=O) groups excluding carboxylic acids is 1. The van der Waals surface area contributed by atoms with Gasteiger partial charge in [-0.1, -0.05) is 18.1 Å². The van der Waals surface area contributed by atoms with Gasteiger partial charge in [-0.25, -0.2) is 0 Å². The van der Waals surface area contributed by atoms with E-state index in [9.17, 15) is 13.2 Å². The molecule has 144 valence electrons. The van der Waals surface area contributed by atoms with Crippen LogP contribution in [0.15, 0.2) is 38.1 Å². The maximum Gasteiger partial charge on any atom is 0.284 e. The highest BCUT2D eigenvalue weighted by atomic mass is 32.2. The molecule has 8 nitrogen and oxygen atoms in total. The zero-order valence-corrected chi connectivity index (χ0v) is 16.3. The summed E-state index contributed by atoms with van der Waals surface area (Å²) in [6, 6.07) is 6.06. The summed E-state index contributed by atoms with van der Waals surface area (Å²) in [5, 5.41) is 6.58. The van der Waals surface area contributed by atoms with E-state index >= 15 is 0 Å². The molecule has 1 aromatic heterocycles. The standard InChI is InChI=1S/C18H22N4O4S/c1-4-15-17(12(2)26-20-15)18(23)19-13-7-5-8-14(11-13)27(24,25)21-16-9-6-10-22(16)3/h5,7-8,11H,4,6,9-10H2,1-3H3,(H,19,23). The van der Waals surface area contributed by atoms with Crippen LogP contribution in [0, 0.1) is 6.92 Å². The smallest absolute Gasteiger partial charge is 0.284 e. The first-order chi connectivity index (χ1) is 12.8. The Morgan fingerprint density at radius 3 is 2.85 bits per heavy atom. The molecule has 1 N–H and O–H groups in total. The fourth-order valence-corrected chi connectivity index (χ4v) is 4.12. The first-order valence-corrected chi connectivity index (χ1v) is 10.2. The van der Waals surface area contributed by atoms with Gasteiger partial charge in [0.2, 0.25) is 0 Å². The molecular weight excluding hydrogens is 368 g/mol. The molecule has 0 atom stereocenters. The second kappa shape index (κ2) is 7.51. The number of sulfonamides is 1. The van der Waals surface area contributed by atoms with Crippen LogP contribution in [0.2, 0.25) is 0 Å². The third-order valence-electron chi connectivity index (χ3n) is 4.45. The summed E-state index contributed by atoms with van der Waals surface area (Å²) >= 11 is 0. The number of hydrogen-bond donors (Lipinski definition) is 1. The molecule has 0 unspecified atom stereocenters. The minimum Gasteiger partial charge on any atom is -0.362 e. The highest BCUT2D eigenvalue weighted by Crippen LogP contribution is 2.22. The number of aromatic nitrogens is 1. The van der Waals surface area contributed by atoms with Gasteiger partial charge in [0.25, 0.3) is 15.9 Å². The maximum atomic E-state index is 12.6. The Balaban J connectivity index is 1.85. The lowest BCUT2D eigenvalue weighted by atomic mass is 10.1. The summed E-state index contributed by atoms with van der Waals surface area (Å²) in [6.45, 7) is 4.33. The zero-order chi connectivity index (χ0) is 19.6. The van der Waals surface area contributed by atoms with Gasteiger partial charge in [-0.2, -0.15) is 8.42 Å². The van der Waals surface area contributed by atoms with Crippen LogP contribution >= 0.6 is 0 Å². The molecule has 0 saturated carbocycles. The van der Waals surface area contributed by atoms with Crippen molar-refractivity contribution in [2.45, 2.75) is 38.0 Å². The summed E-state index contributed by atoms with van der Waals surface area (Å²) in [5.74, 6) is 0.586. The van der Waals surface area contributed by atoms with Gasteiger partial charge in [-0.3, -0.25) is 4.79 Å². The summed E-state index contributed by atoms with van der Waals surface area (Å²) in [6.07, 6.45) is 2.08. The fraction of sp³-hybridized carbons (Fsp3) is 0.389. The number of hydrogen-bond acceptors (Lipinski definition) is 5. The zero-order valence-electron chi connectivity index (χ0n) is 15.5. The number of rotatable bonds is 5. The molecule has 27 heavy (non-hydrogen) atoms. The Morgan fingerprint density at radius 1 is 1.41 bits per heavy atom. The predicted molar refractivity (Wildman–Crippen MR) is 101 cm³/mol. The van der Waals surface area contributed by atoms with Gasteiger partial charge in [0.15, 0.2) is 0 Å². The molecule has 2 heterocycles. The minimum atomic E-state index is -3.85. The number of nitrogens with zero attached hydrogens (tertiary/aromatic N) is 3. The van der Waals surface area contributed by atoms with E-state index in [0.717, 1.165) is 13.0 Å². The van der Waals surface area contributed by atoms with E-state index in [1.807, 2.05) is 18.9 Å². The number of carbonyl (C=O) groups is 1. The van der Waals surface area contributed by atoms with E-state index in [-0.39, 0.29) is 10.8 Å². The molecule has 1 aliphatic rings. The quantitative estimate of drug-likeness (QED) is 0.841. The van der Waals surface area contributed by atoms with Crippen molar-refractivity contribution in [3.05, 3.63) is 41.3 Å². The largest absolute Gasteiger partial charge is 0.362 e. The van der Waals surface area contributed by atoms with Crippen molar-refractivity contribution in [3.63, 3.8) is 0 Å². The number of aryl methyl sites for hydroxylation is 2. The van der Waals surface area contributed by atoms with Gasteiger partial charge in [-0.05, 0) is 38.0 Å². The van der Waals surface area contributed by atoms with Gasteiger partial charge >= 0.3 is 0 Å². The molecule has 0 bridgehead atoms. The molecule has 0 radical (unpaired) electrons. The van der Waals surface area contributed by atoms with Crippen molar-refractivity contribution < 1.29 is 17.7 Å². The van der Waals surface area contributed by atoms with E-state index in [4.69, 9.17) is 4.52 Å². The molecule has 1 aromatic carbocycles. The number of anilines is 1. The summed E-state index contributed by atoms with van der Waals surface area (Å²) < 4.78 is 34.2. The van der Waals surface area contributed by atoms with Crippen molar-refractivity contribution >= 4 is 27.5 Å². The topological polar surface area (TPSA) is 105 Å². The van der Waals surface area contributed by atoms with E-state index in [0.29, 0.717) is 41.4 Å². The fourth-order valence-electron chi connectivity index (χ4n) is 2.98. The Labute approximate surface area is 158 Å². The molecule has 0 spiro atoms. The first kappa shape index (κ1) is 19.1.